The number of carbonyl (C=O) groups excluding carboxylic acids is 1. The van der Waals surface area contributed by atoms with Crippen molar-refractivity contribution in [3.8, 4) is 11.5 Å². The normalized spacial score (nSPS) is 14.0. The number of ether oxygens (including phenoxy) is 2. The molecule has 1 saturated heterocycles. The molecular weight excluding hydrogens is 595 g/mol. The molecule has 0 aliphatic carbocycles. The van der Waals surface area contributed by atoms with Gasteiger partial charge in [-0.05, 0) is 62.4 Å². The van der Waals surface area contributed by atoms with Crippen LogP contribution in [0.3, 0.4) is 0 Å². The lowest BCUT2D eigenvalue weighted by atomic mass is 10.2. The van der Waals surface area contributed by atoms with Gasteiger partial charge in [0.25, 0.3) is 0 Å². The number of amides is 2. The molecule has 3 N–H and O–H groups in total. The summed E-state index contributed by atoms with van der Waals surface area (Å²) in [6.07, 6.45) is 2.42. The van der Waals surface area contributed by atoms with Gasteiger partial charge < -0.3 is 35.2 Å². The lowest BCUT2D eigenvalue weighted by Crippen LogP contribution is -2.44. The third-order valence-corrected chi connectivity index (χ3v) is 8.57. The van der Waals surface area contributed by atoms with E-state index in [1.807, 2.05) is 31.2 Å². The smallest absolute Gasteiger partial charge is 0.323 e. The van der Waals surface area contributed by atoms with E-state index in [0.29, 0.717) is 40.3 Å². The van der Waals surface area contributed by atoms with Crippen LogP contribution in [-0.4, -0.2) is 84.3 Å². The molecule has 3 heterocycles. The summed E-state index contributed by atoms with van der Waals surface area (Å²) < 4.78 is 26.7. The summed E-state index contributed by atoms with van der Waals surface area (Å²) in [6.45, 7) is 7.78. The number of hydrogen-bond donors (Lipinski definition) is 3. The van der Waals surface area contributed by atoms with Crippen LogP contribution in [0.4, 0.5) is 31.5 Å². The Morgan fingerprint density at radius 2 is 1.84 bits per heavy atom. The minimum absolute atomic E-state index is 0.117. The van der Waals surface area contributed by atoms with Crippen LogP contribution in [-0.2, 0) is 0 Å². The molecule has 0 saturated carbocycles. The van der Waals surface area contributed by atoms with E-state index >= 15 is 0 Å². The van der Waals surface area contributed by atoms with Gasteiger partial charge in [-0.25, -0.2) is 24.1 Å². The highest BCUT2D eigenvalue weighted by Crippen LogP contribution is 2.36. The number of methoxy groups -OCH3 is 1. The van der Waals surface area contributed by atoms with Gasteiger partial charge >= 0.3 is 6.03 Å². The van der Waals surface area contributed by atoms with Crippen LogP contribution in [0.1, 0.15) is 12.0 Å². The Balaban J connectivity index is 1.12. The topological polar surface area (TPSA) is 117 Å². The maximum Gasteiger partial charge on any atom is 0.323 e. The minimum atomic E-state index is -0.540. The third-order valence-electron chi connectivity index (χ3n) is 7.63. The molecule has 1 aliphatic heterocycles. The van der Waals surface area contributed by atoms with E-state index in [4.69, 9.17) is 9.47 Å². The molecular formula is C32H35FN8O3S. The number of nitrogens with one attached hydrogen (secondary N) is 3. The number of urea groups is 1. The van der Waals surface area contributed by atoms with E-state index in [0.717, 1.165) is 60.3 Å². The number of thiazole rings is 1. The van der Waals surface area contributed by atoms with Crippen LogP contribution >= 0.6 is 11.3 Å². The first kappa shape index (κ1) is 30.4. The van der Waals surface area contributed by atoms with Crippen LogP contribution < -0.4 is 25.4 Å². The molecule has 3 aromatic carbocycles. The average molecular weight is 631 g/mol. The van der Waals surface area contributed by atoms with Crippen LogP contribution in [0, 0.1) is 12.7 Å². The van der Waals surface area contributed by atoms with Gasteiger partial charge in [0.2, 0.25) is 0 Å². The van der Waals surface area contributed by atoms with Gasteiger partial charge in [0.1, 0.15) is 18.0 Å². The number of benzene rings is 3. The first-order valence-electron chi connectivity index (χ1n) is 14.7. The zero-order valence-electron chi connectivity index (χ0n) is 25.4. The predicted molar refractivity (Wildman–Crippen MR) is 177 cm³/mol. The zero-order chi connectivity index (χ0) is 31.3. The maximum absolute atomic E-state index is 14.1. The van der Waals surface area contributed by atoms with Crippen molar-refractivity contribution < 1.29 is 18.7 Å². The Morgan fingerprint density at radius 1 is 1.00 bits per heavy atom. The second-order valence-electron chi connectivity index (χ2n) is 11.0. The van der Waals surface area contributed by atoms with Gasteiger partial charge in [0, 0.05) is 49.9 Å². The number of anilines is 4. The summed E-state index contributed by atoms with van der Waals surface area (Å²) in [5.41, 5.74) is 2.98. The standard InChI is InChI=1S/C32H35FN8O3S/c1-20-5-7-23(33)26(15-20)37-31(42)36-21-6-8-24-29(16-21)45-32(38-24)39-30-22-17-27(43-3)28(18-25(22)34-19-35-30)44-14-4-9-41-12-10-40(2)11-13-41/h5-8,15-19H,4,9-14H2,1-3H3,(H2,36,37,42)(H,34,35,38,39). The first-order valence-corrected chi connectivity index (χ1v) is 15.5. The molecule has 0 spiro atoms. The highest BCUT2D eigenvalue weighted by atomic mass is 32.1. The first-order chi connectivity index (χ1) is 21.8. The number of hydrogen-bond acceptors (Lipinski definition) is 10. The van der Waals surface area contributed by atoms with Crippen molar-refractivity contribution in [1.29, 1.82) is 0 Å². The monoisotopic (exact) mass is 630 g/mol. The molecule has 0 unspecified atom stereocenters. The Kier molecular flexibility index (Phi) is 9.19. The van der Waals surface area contributed by atoms with Gasteiger partial charge in [-0.3, -0.25) is 0 Å². The van der Waals surface area contributed by atoms with Gasteiger partial charge in [0.15, 0.2) is 16.6 Å². The van der Waals surface area contributed by atoms with Gasteiger partial charge in [-0.15, -0.1) is 0 Å². The number of nitrogens with zero attached hydrogens (tertiary/aromatic N) is 5. The SMILES string of the molecule is COc1cc2c(Nc3nc4ccc(NC(=O)Nc5cc(C)ccc5F)cc4s3)ncnc2cc1OCCCN1CCN(C)CC1. The number of likely N-dealkylation sites (N-methyl/N-ethyl adjacent to an activating group) is 1. The fraction of sp³-hybridized carbons (Fsp3) is 0.312. The lowest BCUT2D eigenvalue weighted by Gasteiger charge is -2.32. The average Bonchev–Trinajstić information content (AvgIpc) is 3.43. The van der Waals surface area contributed by atoms with Crippen molar-refractivity contribution in [1.82, 2.24) is 24.8 Å². The van der Waals surface area contributed by atoms with Crippen LogP contribution in [0.15, 0.2) is 54.9 Å². The highest BCUT2D eigenvalue weighted by molar-refractivity contribution is 7.22. The molecule has 2 aromatic heterocycles. The molecule has 2 amide bonds. The second-order valence-corrected chi connectivity index (χ2v) is 12.0. The van der Waals surface area contributed by atoms with E-state index in [1.165, 1.54) is 23.7 Å². The summed E-state index contributed by atoms with van der Waals surface area (Å²) in [7, 11) is 3.78. The van der Waals surface area contributed by atoms with E-state index < -0.39 is 11.8 Å². The van der Waals surface area contributed by atoms with Crippen molar-refractivity contribution in [3.05, 3.63) is 66.2 Å². The predicted octanol–water partition coefficient (Wildman–Crippen LogP) is 6.10. The number of fused-ring (bicyclic) bond motifs is 2. The van der Waals surface area contributed by atoms with E-state index in [9.17, 15) is 9.18 Å². The minimum Gasteiger partial charge on any atom is -0.493 e. The van der Waals surface area contributed by atoms with E-state index in [-0.39, 0.29) is 5.69 Å². The Bertz CT molecular complexity index is 1830. The van der Waals surface area contributed by atoms with Crippen LogP contribution in [0.25, 0.3) is 21.1 Å². The van der Waals surface area contributed by atoms with E-state index in [1.54, 1.807) is 25.3 Å². The molecule has 1 aliphatic rings. The van der Waals surface area contributed by atoms with Gasteiger partial charge in [-0.2, -0.15) is 0 Å². The fourth-order valence-corrected chi connectivity index (χ4v) is 6.06. The molecule has 0 bridgehead atoms. The molecule has 0 atom stereocenters. The summed E-state index contributed by atoms with van der Waals surface area (Å²) in [5.74, 6) is 1.32. The van der Waals surface area contributed by atoms with Crippen molar-refractivity contribution in [2.24, 2.45) is 0 Å². The largest absolute Gasteiger partial charge is 0.493 e. The number of carbonyl (C=O) groups is 1. The molecule has 234 valence electrons. The summed E-state index contributed by atoms with van der Waals surface area (Å²) in [4.78, 5) is 31.0. The molecule has 13 heteroatoms. The van der Waals surface area contributed by atoms with Crippen LogP contribution in [0.2, 0.25) is 0 Å². The summed E-state index contributed by atoms with van der Waals surface area (Å²) in [6, 6.07) is 13.1. The molecule has 45 heavy (non-hydrogen) atoms. The van der Waals surface area contributed by atoms with Crippen molar-refractivity contribution in [3.63, 3.8) is 0 Å². The number of halogens is 1. The van der Waals surface area contributed by atoms with Crippen molar-refractivity contribution >= 4 is 60.8 Å². The zero-order valence-corrected chi connectivity index (χ0v) is 26.2. The Morgan fingerprint density at radius 3 is 2.67 bits per heavy atom. The number of aryl methyl sites for hydroxylation is 1. The van der Waals surface area contributed by atoms with Gasteiger partial charge in [0.05, 0.1) is 35.1 Å². The number of aromatic nitrogens is 3. The fourth-order valence-electron chi connectivity index (χ4n) is 5.15. The highest BCUT2D eigenvalue weighted by Gasteiger charge is 2.16. The van der Waals surface area contributed by atoms with Crippen molar-refractivity contribution in [2.75, 3.05) is 69.4 Å². The maximum atomic E-state index is 14.1. The molecule has 0 radical (unpaired) electrons. The molecule has 6 rings (SSSR count). The third kappa shape index (κ3) is 7.39. The second kappa shape index (κ2) is 13.6. The van der Waals surface area contributed by atoms with Gasteiger partial charge in [-0.1, -0.05) is 17.4 Å². The summed E-state index contributed by atoms with van der Waals surface area (Å²) >= 11 is 1.41. The molecule has 11 nitrogen and oxygen atoms in total. The summed E-state index contributed by atoms with van der Waals surface area (Å²) in [5, 5.41) is 10.0. The molecule has 5 aromatic rings. The number of rotatable bonds is 10. The quantitative estimate of drug-likeness (QED) is 0.157. The van der Waals surface area contributed by atoms with Crippen molar-refractivity contribution in [2.45, 2.75) is 13.3 Å². The van der Waals surface area contributed by atoms with E-state index in [2.05, 4.69) is 47.7 Å². The van der Waals surface area contributed by atoms with Crippen LogP contribution in [0.5, 0.6) is 11.5 Å². The Hall–Kier alpha value is -4.59. The molecule has 1 fully saturated rings. The number of piperazine rings is 1. The lowest BCUT2D eigenvalue weighted by molar-refractivity contribution is 0.145. The Labute approximate surface area is 264 Å².